The van der Waals surface area contributed by atoms with E-state index in [-0.39, 0.29) is 19.3 Å². The summed E-state index contributed by atoms with van der Waals surface area (Å²) in [7, 11) is 0. The Balaban J connectivity index is 2.06. The summed E-state index contributed by atoms with van der Waals surface area (Å²) in [5.41, 5.74) is 1.16. The molecule has 1 aromatic carbocycles. The Morgan fingerprint density at radius 1 is 1.00 bits per heavy atom. The van der Waals surface area contributed by atoms with Crippen LogP contribution >= 0.6 is 0 Å². The zero-order valence-electron chi connectivity index (χ0n) is 11.2. The molecule has 0 saturated carbocycles. The van der Waals surface area contributed by atoms with Gasteiger partial charge in [-0.15, -0.1) is 0 Å². The van der Waals surface area contributed by atoms with Gasteiger partial charge in [0.05, 0.1) is 6.42 Å². The van der Waals surface area contributed by atoms with Crippen LogP contribution in [0.25, 0.3) is 0 Å². The average molecular weight is 277 g/mol. The summed E-state index contributed by atoms with van der Waals surface area (Å²) in [5.74, 6) is -0.985. The second-order valence-electron chi connectivity index (χ2n) is 4.13. The predicted octanol–water partition coefficient (Wildman–Crippen LogP) is 1.94. The van der Waals surface area contributed by atoms with Crippen molar-refractivity contribution < 1.29 is 23.9 Å². The smallest absolute Gasteiger partial charge is 0.309 e. The van der Waals surface area contributed by atoms with Crippen molar-refractivity contribution >= 4 is 18.2 Å². The van der Waals surface area contributed by atoms with Crippen molar-refractivity contribution in [3.05, 3.63) is 35.9 Å². The Bertz CT molecular complexity index is 427. The van der Waals surface area contributed by atoms with Gasteiger partial charge < -0.3 is 9.47 Å². The van der Waals surface area contributed by atoms with Gasteiger partial charge in [0.25, 0.3) is 0 Å². The first kappa shape index (κ1) is 15.9. The molecule has 5 nitrogen and oxygen atoms in total. The second kappa shape index (κ2) is 9.72. The number of hydrogen-bond donors (Lipinski definition) is 0. The highest BCUT2D eigenvalue weighted by Gasteiger charge is 2.06. The molecule has 0 aliphatic heterocycles. The third-order valence-corrected chi connectivity index (χ3v) is 2.56. The highest BCUT2D eigenvalue weighted by molar-refractivity contribution is 5.73. The van der Waals surface area contributed by atoms with Gasteiger partial charge >= 0.3 is 11.9 Å². The van der Waals surface area contributed by atoms with Crippen LogP contribution < -0.4 is 0 Å². The molecule has 1 aromatic rings. The quantitative estimate of drug-likeness (QED) is 0.509. The fourth-order valence-corrected chi connectivity index (χ4v) is 1.54. The molecule has 1 radical (unpaired) electrons. The molecule has 0 bridgehead atoms. The molecule has 1 rings (SSSR count). The molecule has 0 N–H and O–H groups in total. The van der Waals surface area contributed by atoms with Gasteiger partial charge in [-0.05, 0) is 18.4 Å². The largest absolute Gasteiger partial charge is 0.428 e. The van der Waals surface area contributed by atoms with Crippen molar-refractivity contribution in [2.24, 2.45) is 0 Å². The van der Waals surface area contributed by atoms with Crippen LogP contribution in [0, 0.1) is 0 Å². The summed E-state index contributed by atoms with van der Waals surface area (Å²) in [5, 5.41) is 0. The molecule has 107 valence electrons. The fraction of sp³-hybridized carbons (Fsp3) is 0.400. The number of carbonyl (C=O) groups is 2. The Morgan fingerprint density at radius 2 is 1.65 bits per heavy atom. The molecule has 0 amide bonds. The van der Waals surface area contributed by atoms with Gasteiger partial charge in [0, 0.05) is 12.8 Å². The molecule has 0 aliphatic carbocycles. The lowest BCUT2D eigenvalue weighted by molar-refractivity contribution is -0.167. The van der Waals surface area contributed by atoms with Crippen LogP contribution in [0.15, 0.2) is 30.3 Å². The van der Waals surface area contributed by atoms with Gasteiger partial charge in [-0.3, -0.25) is 14.4 Å². The molecule has 20 heavy (non-hydrogen) atoms. The minimum absolute atomic E-state index is 0.0101. The zero-order valence-corrected chi connectivity index (χ0v) is 11.2. The van der Waals surface area contributed by atoms with Crippen molar-refractivity contribution in [3.63, 3.8) is 0 Å². The van der Waals surface area contributed by atoms with Crippen LogP contribution in [0.5, 0.6) is 0 Å². The van der Waals surface area contributed by atoms with Crippen LogP contribution in [0.3, 0.4) is 0 Å². The Kier molecular flexibility index (Phi) is 7.72. The number of rotatable bonds is 9. The molecule has 0 aliphatic rings. The molecule has 0 heterocycles. The van der Waals surface area contributed by atoms with Gasteiger partial charge in [-0.1, -0.05) is 30.3 Å². The number of carbonyl (C=O) groups excluding carboxylic acids is 3. The van der Waals surface area contributed by atoms with E-state index in [1.165, 1.54) is 0 Å². The van der Waals surface area contributed by atoms with Crippen molar-refractivity contribution in [2.75, 3.05) is 6.79 Å². The summed E-state index contributed by atoms with van der Waals surface area (Å²) < 4.78 is 9.37. The van der Waals surface area contributed by atoms with Crippen molar-refractivity contribution in [2.45, 2.75) is 32.1 Å². The minimum atomic E-state index is -0.578. The number of ether oxygens (including phenoxy) is 2. The molecule has 0 fully saturated rings. The van der Waals surface area contributed by atoms with E-state index in [0.29, 0.717) is 6.42 Å². The molecule has 0 unspecified atom stereocenters. The number of esters is 2. The monoisotopic (exact) mass is 277 g/mol. The first-order chi connectivity index (χ1) is 9.72. The summed E-state index contributed by atoms with van der Waals surface area (Å²) >= 11 is 0. The molecule has 5 heteroatoms. The van der Waals surface area contributed by atoms with Crippen molar-refractivity contribution in [1.29, 1.82) is 0 Å². The highest BCUT2D eigenvalue weighted by Crippen LogP contribution is 2.05. The van der Waals surface area contributed by atoms with Gasteiger partial charge in [0.2, 0.25) is 6.79 Å². The maximum atomic E-state index is 11.4. The van der Waals surface area contributed by atoms with Crippen LogP contribution in [-0.2, 0) is 30.3 Å². The molecule has 0 spiro atoms. The maximum Gasteiger partial charge on any atom is 0.309 e. The summed E-state index contributed by atoms with van der Waals surface area (Å²) in [6, 6.07) is 9.83. The maximum absolute atomic E-state index is 11.4. The summed E-state index contributed by atoms with van der Waals surface area (Å²) in [6.45, 7) is -0.401. The first-order valence-electron chi connectivity index (χ1n) is 6.42. The third kappa shape index (κ3) is 7.31. The molecule has 0 aromatic heterocycles. The average Bonchev–Trinajstić information content (AvgIpc) is 2.46. The Morgan fingerprint density at radius 3 is 2.30 bits per heavy atom. The van der Waals surface area contributed by atoms with Crippen molar-refractivity contribution in [3.8, 4) is 0 Å². The lowest BCUT2D eigenvalue weighted by Crippen LogP contribution is -2.12. The molecular formula is C15H17O5. The van der Waals surface area contributed by atoms with Crippen molar-refractivity contribution in [1.82, 2.24) is 0 Å². The van der Waals surface area contributed by atoms with E-state index in [4.69, 9.17) is 4.74 Å². The van der Waals surface area contributed by atoms with E-state index in [1.54, 1.807) is 6.29 Å². The van der Waals surface area contributed by atoms with Crippen LogP contribution in [0.2, 0.25) is 0 Å². The normalized spacial score (nSPS) is 9.80. The topological polar surface area (TPSA) is 69.7 Å². The SMILES string of the molecule is O=[C]CCC(=O)OCOC(=O)CCCc1ccccc1. The van der Waals surface area contributed by atoms with E-state index in [2.05, 4.69) is 4.74 Å². The standard InChI is InChI=1S/C15H17O5/c16-11-5-10-15(18)20-12-19-14(17)9-4-8-13-6-2-1-3-7-13/h1-3,6-7H,4-5,8-10,12H2. The predicted molar refractivity (Wildman–Crippen MR) is 71.4 cm³/mol. The summed E-state index contributed by atoms with van der Waals surface area (Å²) in [4.78, 5) is 32.3. The van der Waals surface area contributed by atoms with Gasteiger partial charge in [-0.2, -0.15) is 0 Å². The van der Waals surface area contributed by atoms with Gasteiger partial charge in [0.15, 0.2) is 6.29 Å². The second-order valence-corrected chi connectivity index (χ2v) is 4.13. The zero-order chi connectivity index (χ0) is 14.6. The summed E-state index contributed by atoms with van der Waals surface area (Å²) in [6.07, 6.45) is 3.27. The lowest BCUT2D eigenvalue weighted by Gasteiger charge is -2.05. The Labute approximate surface area is 117 Å². The van der Waals surface area contributed by atoms with E-state index in [0.717, 1.165) is 12.0 Å². The van der Waals surface area contributed by atoms with Crippen LogP contribution in [0.1, 0.15) is 31.2 Å². The van der Waals surface area contributed by atoms with E-state index >= 15 is 0 Å². The highest BCUT2D eigenvalue weighted by atomic mass is 16.7. The van der Waals surface area contributed by atoms with Gasteiger partial charge in [0.1, 0.15) is 0 Å². The first-order valence-corrected chi connectivity index (χ1v) is 6.42. The van der Waals surface area contributed by atoms with Crippen LogP contribution in [-0.4, -0.2) is 25.0 Å². The van der Waals surface area contributed by atoms with Crippen LogP contribution in [0.4, 0.5) is 0 Å². The van der Waals surface area contributed by atoms with E-state index in [1.807, 2.05) is 30.3 Å². The number of benzene rings is 1. The Hall–Kier alpha value is -2.17. The van der Waals surface area contributed by atoms with Gasteiger partial charge in [-0.25, -0.2) is 0 Å². The van der Waals surface area contributed by atoms with E-state index < -0.39 is 18.7 Å². The molecular weight excluding hydrogens is 260 g/mol. The molecule has 0 atom stereocenters. The fourth-order valence-electron chi connectivity index (χ4n) is 1.54. The number of hydrogen-bond acceptors (Lipinski definition) is 5. The number of aryl methyl sites for hydroxylation is 1. The molecule has 0 saturated heterocycles. The van der Waals surface area contributed by atoms with E-state index in [9.17, 15) is 14.4 Å². The minimum Gasteiger partial charge on any atom is -0.428 e. The third-order valence-electron chi connectivity index (χ3n) is 2.56. The lowest BCUT2D eigenvalue weighted by atomic mass is 10.1.